The number of hydrogen-bond acceptors (Lipinski definition) is 5. The van der Waals surface area contributed by atoms with Crippen LogP contribution in [-0.2, 0) is 19.1 Å². The smallest absolute Gasteiger partial charge is 0.308 e. The minimum Gasteiger partial charge on any atom is -0.469 e. The first-order valence-electron chi connectivity index (χ1n) is 5.80. The number of rotatable bonds is 2. The van der Waals surface area contributed by atoms with Crippen molar-refractivity contribution in [2.75, 3.05) is 20.2 Å². The highest BCUT2D eigenvalue weighted by Gasteiger charge is 2.20. The number of methoxy groups -OCH3 is 1. The third kappa shape index (κ3) is 8.68. The molecular weight excluding hydrogens is 222 g/mol. The van der Waals surface area contributed by atoms with Crippen LogP contribution in [0.5, 0.6) is 0 Å². The highest BCUT2D eigenvalue weighted by molar-refractivity contribution is 5.72. The Morgan fingerprint density at radius 1 is 1.29 bits per heavy atom. The summed E-state index contributed by atoms with van der Waals surface area (Å²) < 4.78 is 9.17. The molecule has 5 nitrogen and oxygen atoms in total. The number of carbonyl (C=O) groups excluding carboxylic acids is 2. The second-order valence-corrected chi connectivity index (χ2v) is 4.87. The Morgan fingerprint density at radius 3 is 2.12 bits per heavy atom. The Hall–Kier alpha value is -1.10. The van der Waals surface area contributed by atoms with E-state index in [0.717, 1.165) is 25.9 Å². The van der Waals surface area contributed by atoms with E-state index in [9.17, 15) is 9.59 Å². The summed E-state index contributed by atoms with van der Waals surface area (Å²) in [5, 5.41) is 3.19. The molecule has 0 saturated carbocycles. The van der Waals surface area contributed by atoms with Crippen LogP contribution < -0.4 is 5.32 Å². The number of carbonyl (C=O) groups is 2. The van der Waals surface area contributed by atoms with Gasteiger partial charge in [0.2, 0.25) is 0 Å². The van der Waals surface area contributed by atoms with Gasteiger partial charge in [-0.3, -0.25) is 9.59 Å². The lowest BCUT2D eigenvalue weighted by Gasteiger charge is -2.19. The van der Waals surface area contributed by atoms with Gasteiger partial charge in [-0.15, -0.1) is 0 Å². The van der Waals surface area contributed by atoms with E-state index in [2.05, 4.69) is 14.8 Å². The first-order valence-corrected chi connectivity index (χ1v) is 5.80. The van der Waals surface area contributed by atoms with Gasteiger partial charge in [0.05, 0.1) is 13.0 Å². The van der Waals surface area contributed by atoms with Gasteiger partial charge in [0.15, 0.2) is 0 Å². The Kier molecular flexibility index (Phi) is 7.54. The van der Waals surface area contributed by atoms with Gasteiger partial charge in [-0.1, -0.05) is 0 Å². The van der Waals surface area contributed by atoms with Crippen LogP contribution in [0.4, 0.5) is 0 Å². The fraction of sp³-hybridized carbons (Fsp3) is 0.833. The van der Waals surface area contributed by atoms with E-state index < -0.39 is 0 Å². The maximum absolute atomic E-state index is 10.9. The van der Waals surface area contributed by atoms with Gasteiger partial charge in [0, 0.05) is 0 Å². The number of piperidine rings is 1. The van der Waals surface area contributed by atoms with E-state index in [-0.39, 0.29) is 17.5 Å². The van der Waals surface area contributed by atoms with Gasteiger partial charge in [0.25, 0.3) is 6.47 Å². The molecule has 0 unspecified atom stereocenters. The van der Waals surface area contributed by atoms with Gasteiger partial charge < -0.3 is 14.8 Å². The molecule has 0 aromatic heterocycles. The molecule has 0 radical (unpaired) electrons. The summed E-state index contributed by atoms with van der Waals surface area (Å²) in [6, 6.07) is 0. The van der Waals surface area contributed by atoms with Crippen molar-refractivity contribution in [2.45, 2.75) is 39.2 Å². The molecule has 1 fully saturated rings. The molecule has 0 atom stereocenters. The van der Waals surface area contributed by atoms with Crippen molar-refractivity contribution >= 4 is 12.4 Å². The minimum absolute atomic E-state index is 0.0542. The van der Waals surface area contributed by atoms with E-state index in [4.69, 9.17) is 0 Å². The van der Waals surface area contributed by atoms with Crippen LogP contribution in [0.1, 0.15) is 33.6 Å². The van der Waals surface area contributed by atoms with E-state index in [1.807, 2.05) is 20.8 Å². The third-order valence-corrected chi connectivity index (χ3v) is 2.28. The standard InChI is InChI=1S/C7H13NO2.C5H10O2/c1-10-7(9)6-2-4-8-5-3-6;1-5(2,3)7-4-6/h6,8H,2-5H2,1H3;4H,1-3H3. The highest BCUT2D eigenvalue weighted by Crippen LogP contribution is 2.12. The molecule has 0 aromatic carbocycles. The molecule has 0 aromatic rings. The average Bonchev–Trinajstić information content (AvgIpc) is 2.28. The fourth-order valence-corrected chi connectivity index (χ4v) is 1.37. The molecule has 0 spiro atoms. The third-order valence-electron chi connectivity index (χ3n) is 2.28. The normalized spacial score (nSPS) is 16.5. The molecule has 100 valence electrons. The van der Waals surface area contributed by atoms with E-state index >= 15 is 0 Å². The van der Waals surface area contributed by atoms with Crippen molar-refractivity contribution in [2.24, 2.45) is 5.92 Å². The van der Waals surface area contributed by atoms with Crippen molar-refractivity contribution in [3.63, 3.8) is 0 Å². The quantitative estimate of drug-likeness (QED) is 0.583. The summed E-state index contributed by atoms with van der Waals surface area (Å²) in [4.78, 5) is 20.5. The van der Waals surface area contributed by atoms with E-state index in [1.165, 1.54) is 7.11 Å². The molecular formula is C12H23NO4. The molecule has 17 heavy (non-hydrogen) atoms. The van der Waals surface area contributed by atoms with Crippen molar-refractivity contribution in [3.05, 3.63) is 0 Å². The van der Waals surface area contributed by atoms with Crippen LogP contribution in [0.3, 0.4) is 0 Å². The average molecular weight is 245 g/mol. The molecule has 1 N–H and O–H groups in total. The Balaban J connectivity index is 0.000000325. The van der Waals surface area contributed by atoms with Crippen LogP contribution in [-0.4, -0.2) is 38.2 Å². The van der Waals surface area contributed by atoms with Crippen molar-refractivity contribution < 1.29 is 19.1 Å². The zero-order valence-corrected chi connectivity index (χ0v) is 11.1. The van der Waals surface area contributed by atoms with Crippen LogP contribution in [0.15, 0.2) is 0 Å². The van der Waals surface area contributed by atoms with Crippen LogP contribution >= 0.6 is 0 Å². The second kappa shape index (κ2) is 8.06. The lowest BCUT2D eigenvalue weighted by atomic mass is 9.99. The number of ether oxygens (including phenoxy) is 2. The Bertz CT molecular complexity index is 229. The summed E-state index contributed by atoms with van der Waals surface area (Å²) >= 11 is 0. The zero-order chi connectivity index (χ0) is 13.3. The van der Waals surface area contributed by atoms with E-state index in [1.54, 1.807) is 0 Å². The molecule has 0 amide bonds. The number of esters is 1. The van der Waals surface area contributed by atoms with Crippen LogP contribution in [0, 0.1) is 5.92 Å². The molecule has 1 aliphatic rings. The number of hydrogen-bond donors (Lipinski definition) is 1. The first kappa shape index (κ1) is 15.9. The SMILES string of the molecule is CC(C)(C)OC=O.COC(=O)C1CCNCC1. The summed E-state index contributed by atoms with van der Waals surface area (Å²) in [7, 11) is 1.45. The summed E-state index contributed by atoms with van der Waals surface area (Å²) in [5.41, 5.74) is -0.318. The van der Waals surface area contributed by atoms with Gasteiger partial charge in [-0.05, 0) is 46.7 Å². The molecule has 1 aliphatic heterocycles. The largest absolute Gasteiger partial charge is 0.469 e. The maximum atomic E-state index is 10.9. The molecule has 5 heteroatoms. The Labute approximate surface area is 103 Å². The summed E-state index contributed by atoms with van der Waals surface area (Å²) in [6.07, 6.45) is 1.85. The van der Waals surface area contributed by atoms with E-state index in [0.29, 0.717) is 6.47 Å². The van der Waals surface area contributed by atoms with Crippen molar-refractivity contribution in [1.29, 1.82) is 0 Å². The molecule has 0 bridgehead atoms. The molecule has 1 rings (SSSR count). The predicted molar refractivity (Wildman–Crippen MR) is 64.5 cm³/mol. The minimum atomic E-state index is -0.318. The highest BCUT2D eigenvalue weighted by atomic mass is 16.5. The second-order valence-electron chi connectivity index (χ2n) is 4.87. The molecule has 1 heterocycles. The van der Waals surface area contributed by atoms with Gasteiger partial charge >= 0.3 is 5.97 Å². The number of nitrogens with one attached hydrogen (secondary N) is 1. The maximum Gasteiger partial charge on any atom is 0.308 e. The lowest BCUT2D eigenvalue weighted by molar-refractivity contribution is -0.146. The predicted octanol–water partition coefficient (Wildman–Crippen LogP) is 1.12. The fourth-order valence-electron chi connectivity index (χ4n) is 1.37. The monoisotopic (exact) mass is 245 g/mol. The van der Waals surface area contributed by atoms with Crippen molar-refractivity contribution in [3.8, 4) is 0 Å². The molecule has 1 saturated heterocycles. The van der Waals surface area contributed by atoms with Crippen molar-refractivity contribution in [1.82, 2.24) is 5.32 Å². The zero-order valence-electron chi connectivity index (χ0n) is 11.1. The topological polar surface area (TPSA) is 64.6 Å². The van der Waals surface area contributed by atoms with Gasteiger partial charge in [-0.2, -0.15) is 0 Å². The lowest BCUT2D eigenvalue weighted by Crippen LogP contribution is -2.32. The first-order chi connectivity index (χ1) is 7.90. The van der Waals surface area contributed by atoms with Gasteiger partial charge in [-0.25, -0.2) is 0 Å². The summed E-state index contributed by atoms with van der Waals surface area (Å²) in [5.74, 6) is 0.0905. The summed E-state index contributed by atoms with van der Waals surface area (Å²) in [6.45, 7) is 7.81. The van der Waals surface area contributed by atoms with Gasteiger partial charge in [0.1, 0.15) is 5.60 Å². The van der Waals surface area contributed by atoms with Crippen LogP contribution in [0.25, 0.3) is 0 Å². The Morgan fingerprint density at radius 2 is 1.82 bits per heavy atom. The molecule has 0 aliphatic carbocycles. The van der Waals surface area contributed by atoms with Crippen LogP contribution in [0.2, 0.25) is 0 Å².